The smallest absolute Gasteiger partial charge is 0.270 e. The molecule has 5 heteroatoms. The molecule has 0 aromatic heterocycles. The van der Waals surface area contributed by atoms with Crippen molar-refractivity contribution in [2.45, 2.75) is 44.1 Å². The van der Waals surface area contributed by atoms with Gasteiger partial charge in [-0.05, 0) is 31.9 Å². The van der Waals surface area contributed by atoms with Crippen LogP contribution in [0.2, 0.25) is 0 Å². The second kappa shape index (κ2) is 4.32. The second-order valence-corrected chi connectivity index (χ2v) is 5.88. The Morgan fingerprint density at radius 2 is 1.90 bits per heavy atom. The summed E-state index contributed by atoms with van der Waals surface area (Å²) in [5, 5.41) is 0. The summed E-state index contributed by atoms with van der Waals surface area (Å²) in [6.45, 7) is 3.64. The molecule has 1 fully saturated rings. The van der Waals surface area contributed by atoms with E-state index in [9.17, 15) is 8.78 Å². The fourth-order valence-corrected chi connectivity index (χ4v) is 2.88. The van der Waals surface area contributed by atoms with Crippen molar-refractivity contribution in [1.29, 1.82) is 0 Å². The van der Waals surface area contributed by atoms with Gasteiger partial charge in [-0.2, -0.15) is 0 Å². The number of fused-ring (bicyclic) bond motifs is 1. The van der Waals surface area contributed by atoms with Gasteiger partial charge in [-0.1, -0.05) is 0 Å². The minimum Gasteiger partial charge on any atom is -0.486 e. The topological polar surface area (TPSA) is 44.5 Å². The average molecular weight is 283 g/mol. The van der Waals surface area contributed by atoms with E-state index in [0.29, 0.717) is 24.7 Å². The van der Waals surface area contributed by atoms with Gasteiger partial charge in [0.1, 0.15) is 13.2 Å². The van der Waals surface area contributed by atoms with Crippen LogP contribution in [0.15, 0.2) is 12.1 Å². The van der Waals surface area contributed by atoms with Crippen molar-refractivity contribution in [2.75, 3.05) is 13.2 Å². The van der Waals surface area contributed by atoms with E-state index in [4.69, 9.17) is 15.2 Å². The minimum absolute atomic E-state index is 0.0383. The molecule has 0 spiro atoms. The molecule has 1 aromatic carbocycles. The zero-order valence-electron chi connectivity index (χ0n) is 11.7. The van der Waals surface area contributed by atoms with E-state index in [0.717, 1.165) is 25.3 Å². The first-order valence-corrected chi connectivity index (χ1v) is 6.92. The highest BCUT2D eigenvalue weighted by Gasteiger charge is 2.50. The highest BCUT2D eigenvalue weighted by Crippen LogP contribution is 2.56. The highest BCUT2D eigenvalue weighted by molar-refractivity contribution is 5.56. The first kappa shape index (κ1) is 13.6. The molecule has 1 saturated carbocycles. The largest absolute Gasteiger partial charge is 0.486 e. The number of halogens is 2. The molecule has 20 heavy (non-hydrogen) atoms. The van der Waals surface area contributed by atoms with Gasteiger partial charge in [0.15, 0.2) is 11.5 Å². The van der Waals surface area contributed by atoms with E-state index >= 15 is 0 Å². The summed E-state index contributed by atoms with van der Waals surface area (Å²) in [5.74, 6) is -1.89. The number of rotatable bonds is 3. The summed E-state index contributed by atoms with van der Waals surface area (Å²) in [4.78, 5) is 0. The summed E-state index contributed by atoms with van der Waals surface area (Å²) in [5.41, 5.74) is 6.57. The van der Waals surface area contributed by atoms with Gasteiger partial charge in [-0.3, -0.25) is 0 Å². The SMILES string of the molecule is CC(N)C1(c2cc(C(C)(F)F)cc3c2OCCO3)CC1. The van der Waals surface area contributed by atoms with Crippen molar-refractivity contribution in [3.8, 4) is 11.5 Å². The molecular weight excluding hydrogens is 264 g/mol. The molecule has 1 aromatic rings. The molecule has 3 nitrogen and oxygen atoms in total. The van der Waals surface area contributed by atoms with Crippen molar-refractivity contribution in [3.05, 3.63) is 23.3 Å². The summed E-state index contributed by atoms with van der Waals surface area (Å²) < 4.78 is 38.6. The van der Waals surface area contributed by atoms with Gasteiger partial charge in [0.2, 0.25) is 0 Å². The maximum atomic E-state index is 13.7. The predicted molar refractivity (Wildman–Crippen MR) is 71.6 cm³/mol. The van der Waals surface area contributed by atoms with Gasteiger partial charge in [0.05, 0.1) is 0 Å². The standard InChI is InChI=1S/C15H19F2NO2/c1-9(18)15(3-4-15)11-7-10(14(2,16)17)8-12-13(11)20-6-5-19-12/h7-9H,3-6,18H2,1-2H3. The first-order valence-electron chi connectivity index (χ1n) is 6.92. The van der Waals surface area contributed by atoms with Crippen LogP contribution in [0, 0.1) is 0 Å². The van der Waals surface area contributed by atoms with E-state index in [1.807, 2.05) is 6.92 Å². The quantitative estimate of drug-likeness (QED) is 0.927. The maximum absolute atomic E-state index is 13.7. The van der Waals surface area contributed by atoms with Crippen LogP contribution in [-0.4, -0.2) is 19.3 Å². The van der Waals surface area contributed by atoms with Crippen LogP contribution in [0.1, 0.15) is 37.8 Å². The monoisotopic (exact) mass is 283 g/mol. The lowest BCUT2D eigenvalue weighted by Gasteiger charge is -2.29. The van der Waals surface area contributed by atoms with Gasteiger partial charge in [0.25, 0.3) is 5.92 Å². The lowest BCUT2D eigenvalue weighted by Crippen LogP contribution is -2.33. The Labute approximate surface area is 117 Å². The third-order valence-electron chi connectivity index (χ3n) is 4.35. The normalized spacial score (nSPS) is 21.4. The molecule has 1 aliphatic carbocycles. The van der Waals surface area contributed by atoms with Crippen LogP contribution in [-0.2, 0) is 11.3 Å². The van der Waals surface area contributed by atoms with Crippen LogP contribution in [0.5, 0.6) is 11.5 Å². The maximum Gasteiger partial charge on any atom is 0.270 e. The summed E-state index contributed by atoms with van der Waals surface area (Å²) in [6, 6.07) is 2.83. The van der Waals surface area contributed by atoms with E-state index in [1.165, 1.54) is 6.07 Å². The Morgan fingerprint density at radius 1 is 1.25 bits per heavy atom. The minimum atomic E-state index is -2.90. The van der Waals surface area contributed by atoms with Crippen LogP contribution in [0.4, 0.5) is 8.78 Å². The molecule has 0 amide bonds. The fourth-order valence-electron chi connectivity index (χ4n) is 2.88. The molecule has 110 valence electrons. The van der Waals surface area contributed by atoms with E-state index in [2.05, 4.69) is 0 Å². The molecule has 1 aliphatic heterocycles. The Morgan fingerprint density at radius 3 is 2.45 bits per heavy atom. The molecule has 2 N–H and O–H groups in total. The van der Waals surface area contributed by atoms with E-state index in [-0.39, 0.29) is 17.0 Å². The fraction of sp³-hybridized carbons (Fsp3) is 0.600. The van der Waals surface area contributed by atoms with Gasteiger partial charge in [-0.15, -0.1) is 0 Å². The van der Waals surface area contributed by atoms with Gasteiger partial charge in [0, 0.05) is 29.5 Å². The third-order valence-corrected chi connectivity index (χ3v) is 4.35. The average Bonchev–Trinajstić information content (AvgIpc) is 3.17. The first-order chi connectivity index (χ1) is 9.34. The van der Waals surface area contributed by atoms with E-state index in [1.54, 1.807) is 6.07 Å². The lowest BCUT2D eigenvalue weighted by atomic mass is 9.86. The van der Waals surface area contributed by atoms with Gasteiger partial charge in [-0.25, -0.2) is 8.78 Å². The second-order valence-electron chi connectivity index (χ2n) is 5.88. The van der Waals surface area contributed by atoms with Gasteiger partial charge < -0.3 is 15.2 Å². The third kappa shape index (κ3) is 2.04. The van der Waals surface area contributed by atoms with Crippen LogP contribution < -0.4 is 15.2 Å². The summed E-state index contributed by atoms with van der Waals surface area (Å²) in [6.07, 6.45) is 1.80. The molecule has 0 bridgehead atoms. The number of nitrogens with two attached hydrogens (primary N) is 1. The highest BCUT2D eigenvalue weighted by atomic mass is 19.3. The number of alkyl halides is 2. The number of hydrogen-bond donors (Lipinski definition) is 1. The van der Waals surface area contributed by atoms with Crippen molar-refractivity contribution in [2.24, 2.45) is 5.73 Å². The van der Waals surface area contributed by atoms with Crippen LogP contribution in [0.3, 0.4) is 0 Å². The molecule has 0 radical (unpaired) electrons. The Hall–Kier alpha value is -1.36. The zero-order valence-corrected chi connectivity index (χ0v) is 11.7. The van der Waals surface area contributed by atoms with E-state index < -0.39 is 5.92 Å². The zero-order chi connectivity index (χ0) is 14.5. The molecule has 1 unspecified atom stereocenters. The number of hydrogen-bond acceptors (Lipinski definition) is 3. The Bertz CT molecular complexity index is 533. The predicted octanol–water partition coefficient (Wildman–Crippen LogP) is 2.95. The molecule has 0 saturated heterocycles. The number of benzene rings is 1. The Kier molecular flexibility index (Phi) is 2.94. The molecule has 3 rings (SSSR count). The lowest BCUT2D eigenvalue weighted by molar-refractivity contribution is 0.0167. The van der Waals surface area contributed by atoms with Gasteiger partial charge >= 0.3 is 0 Å². The van der Waals surface area contributed by atoms with Crippen molar-refractivity contribution >= 4 is 0 Å². The molecule has 2 aliphatic rings. The van der Waals surface area contributed by atoms with Crippen molar-refractivity contribution in [3.63, 3.8) is 0 Å². The summed E-state index contributed by atoms with van der Waals surface area (Å²) >= 11 is 0. The number of ether oxygens (including phenoxy) is 2. The molecule has 1 heterocycles. The molecular formula is C15H19F2NO2. The van der Waals surface area contributed by atoms with Crippen LogP contribution in [0.25, 0.3) is 0 Å². The summed E-state index contributed by atoms with van der Waals surface area (Å²) in [7, 11) is 0. The van der Waals surface area contributed by atoms with Crippen molar-refractivity contribution in [1.82, 2.24) is 0 Å². The Balaban J connectivity index is 2.17. The molecule has 1 atom stereocenters. The van der Waals surface area contributed by atoms with Crippen LogP contribution >= 0.6 is 0 Å². The van der Waals surface area contributed by atoms with Crippen molar-refractivity contribution < 1.29 is 18.3 Å².